The minimum absolute atomic E-state index is 0.252. The number of pyridine rings is 2. The lowest BCUT2D eigenvalue weighted by Crippen LogP contribution is -2.00. The lowest BCUT2D eigenvalue weighted by molar-refractivity contribution is 0.412. The predicted molar refractivity (Wildman–Crippen MR) is 106 cm³/mol. The van der Waals surface area contributed by atoms with E-state index in [0.717, 1.165) is 23.2 Å². The Morgan fingerprint density at radius 2 is 1.89 bits per heavy atom. The summed E-state index contributed by atoms with van der Waals surface area (Å²) in [5.74, 6) is 1.22. The molecule has 0 saturated carbocycles. The van der Waals surface area contributed by atoms with Crippen LogP contribution in [0.4, 0.5) is 20.4 Å². The zero-order valence-corrected chi connectivity index (χ0v) is 16.0. The molecule has 0 saturated heterocycles. The highest BCUT2D eigenvalue weighted by Gasteiger charge is 2.14. The Labute approximate surface area is 161 Å². The molecule has 140 valence electrons. The van der Waals surface area contributed by atoms with Crippen molar-refractivity contribution in [3.05, 3.63) is 65.5 Å². The van der Waals surface area contributed by atoms with E-state index >= 15 is 0 Å². The smallest absolute Gasteiger partial charge is 0.149 e. The zero-order valence-electron chi connectivity index (χ0n) is 15.2. The molecule has 1 N–H and O–H groups in total. The molecule has 2 aromatic heterocycles. The summed E-state index contributed by atoms with van der Waals surface area (Å²) in [6.07, 6.45) is 3.16. The van der Waals surface area contributed by atoms with Gasteiger partial charge in [-0.3, -0.25) is 0 Å². The Hall–Kier alpha value is -2.67. The fraction of sp³-hybridized carbons (Fsp3) is 0.200. The molecule has 0 fully saturated rings. The molecule has 0 aliphatic heterocycles. The maximum absolute atomic E-state index is 14.4. The van der Waals surface area contributed by atoms with E-state index in [0.29, 0.717) is 17.2 Å². The average molecular weight is 387 g/mol. The van der Waals surface area contributed by atoms with E-state index in [9.17, 15) is 8.78 Å². The van der Waals surface area contributed by atoms with Crippen molar-refractivity contribution in [1.29, 1.82) is 0 Å². The van der Waals surface area contributed by atoms with Gasteiger partial charge in [-0.05, 0) is 49.1 Å². The molecule has 0 unspecified atom stereocenters. The van der Waals surface area contributed by atoms with Gasteiger partial charge in [0.1, 0.15) is 29.0 Å². The first kappa shape index (κ1) is 19.1. The second kappa shape index (κ2) is 8.35. The maximum Gasteiger partial charge on any atom is 0.149 e. The van der Waals surface area contributed by atoms with Crippen LogP contribution in [-0.4, -0.2) is 23.3 Å². The summed E-state index contributed by atoms with van der Waals surface area (Å²) in [6.45, 7) is 1.92. The number of thioether (sulfide) groups is 1. The minimum atomic E-state index is -0.522. The van der Waals surface area contributed by atoms with Gasteiger partial charge in [0.2, 0.25) is 0 Å². The van der Waals surface area contributed by atoms with Crippen molar-refractivity contribution in [1.82, 2.24) is 9.97 Å². The highest BCUT2D eigenvalue weighted by atomic mass is 32.2. The standard InChI is InChI=1S/C20H19F2N3OS/c1-12-6-13(11-27-3)7-20(24-12)25-19-9-16(17(22)10-23-19)15-5-4-14(21)8-18(15)26-2/h4-10H,11H2,1-3H3,(H,23,24,25). The van der Waals surface area contributed by atoms with E-state index in [-0.39, 0.29) is 11.3 Å². The van der Waals surface area contributed by atoms with Crippen molar-refractivity contribution in [2.24, 2.45) is 0 Å². The van der Waals surface area contributed by atoms with Gasteiger partial charge >= 0.3 is 0 Å². The van der Waals surface area contributed by atoms with Crippen LogP contribution < -0.4 is 10.1 Å². The Morgan fingerprint density at radius 3 is 2.63 bits per heavy atom. The quantitative estimate of drug-likeness (QED) is 0.618. The summed E-state index contributed by atoms with van der Waals surface area (Å²) < 4.78 is 33.0. The summed E-state index contributed by atoms with van der Waals surface area (Å²) >= 11 is 1.72. The first-order valence-electron chi connectivity index (χ1n) is 8.23. The third kappa shape index (κ3) is 4.54. The molecule has 2 heterocycles. The van der Waals surface area contributed by atoms with Crippen molar-refractivity contribution < 1.29 is 13.5 Å². The first-order chi connectivity index (χ1) is 13.0. The Morgan fingerprint density at radius 1 is 1.07 bits per heavy atom. The third-order valence-corrected chi connectivity index (χ3v) is 4.51. The number of ether oxygens (including phenoxy) is 1. The highest BCUT2D eigenvalue weighted by molar-refractivity contribution is 7.97. The van der Waals surface area contributed by atoms with E-state index in [2.05, 4.69) is 15.3 Å². The normalized spacial score (nSPS) is 10.7. The molecule has 0 atom stereocenters. The molecule has 27 heavy (non-hydrogen) atoms. The number of benzene rings is 1. The van der Waals surface area contributed by atoms with Crippen LogP contribution in [0.2, 0.25) is 0 Å². The molecule has 0 aliphatic rings. The maximum atomic E-state index is 14.4. The molecule has 0 aliphatic carbocycles. The molecular weight excluding hydrogens is 368 g/mol. The van der Waals surface area contributed by atoms with E-state index in [1.165, 1.54) is 25.3 Å². The molecule has 1 aromatic carbocycles. The van der Waals surface area contributed by atoms with Crippen molar-refractivity contribution in [3.63, 3.8) is 0 Å². The fourth-order valence-electron chi connectivity index (χ4n) is 2.79. The number of anilines is 2. The number of nitrogens with one attached hydrogen (secondary N) is 1. The van der Waals surface area contributed by atoms with Gasteiger partial charge in [0, 0.05) is 28.6 Å². The number of aromatic nitrogens is 2. The van der Waals surface area contributed by atoms with Crippen LogP contribution in [0.3, 0.4) is 0 Å². The van der Waals surface area contributed by atoms with Gasteiger partial charge < -0.3 is 10.1 Å². The fourth-order valence-corrected chi connectivity index (χ4v) is 3.29. The Balaban J connectivity index is 1.97. The number of hydrogen-bond acceptors (Lipinski definition) is 5. The summed E-state index contributed by atoms with van der Waals surface area (Å²) in [7, 11) is 1.42. The molecule has 4 nitrogen and oxygen atoms in total. The van der Waals surface area contributed by atoms with Gasteiger partial charge in [0.25, 0.3) is 0 Å². The number of aryl methyl sites for hydroxylation is 1. The van der Waals surface area contributed by atoms with Crippen LogP contribution in [0.25, 0.3) is 11.1 Å². The second-order valence-corrected chi connectivity index (χ2v) is 6.82. The monoisotopic (exact) mass is 387 g/mol. The molecule has 3 aromatic rings. The van der Waals surface area contributed by atoms with Crippen LogP contribution in [0.15, 0.2) is 42.6 Å². The van der Waals surface area contributed by atoms with Crippen LogP contribution in [-0.2, 0) is 5.75 Å². The van der Waals surface area contributed by atoms with Gasteiger partial charge in [0.15, 0.2) is 0 Å². The van der Waals surface area contributed by atoms with Crippen molar-refractivity contribution >= 4 is 23.4 Å². The lowest BCUT2D eigenvalue weighted by Gasteiger charge is -2.12. The SMILES string of the molecule is COc1cc(F)ccc1-c1cc(Nc2cc(CSC)cc(C)n2)ncc1F. The average Bonchev–Trinajstić information content (AvgIpc) is 2.63. The predicted octanol–water partition coefficient (Wildman–Crippen LogP) is 5.35. The van der Waals surface area contributed by atoms with Gasteiger partial charge in [-0.25, -0.2) is 18.7 Å². The summed E-state index contributed by atoms with van der Waals surface area (Å²) in [5, 5.41) is 3.12. The summed E-state index contributed by atoms with van der Waals surface area (Å²) in [4.78, 5) is 8.55. The number of hydrogen-bond donors (Lipinski definition) is 1. The highest BCUT2D eigenvalue weighted by Crippen LogP contribution is 2.33. The van der Waals surface area contributed by atoms with E-state index in [4.69, 9.17) is 4.74 Å². The second-order valence-electron chi connectivity index (χ2n) is 5.95. The number of nitrogens with zero attached hydrogens (tertiary/aromatic N) is 2. The van der Waals surface area contributed by atoms with Crippen molar-refractivity contribution in [2.45, 2.75) is 12.7 Å². The first-order valence-corrected chi connectivity index (χ1v) is 9.62. The van der Waals surface area contributed by atoms with Gasteiger partial charge in [-0.1, -0.05) is 0 Å². The number of rotatable bonds is 6. The van der Waals surface area contributed by atoms with Crippen LogP contribution in [0.5, 0.6) is 5.75 Å². The van der Waals surface area contributed by atoms with Crippen LogP contribution in [0.1, 0.15) is 11.3 Å². The molecule has 3 rings (SSSR count). The topological polar surface area (TPSA) is 47.0 Å². The number of halogens is 2. The van der Waals surface area contributed by atoms with Crippen molar-refractivity contribution in [3.8, 4) is 16.9 Å². The molecule has 0 amide bonds. The molecule has 7 heteroatoms. The van der Waals surface area contributed by atoms with Gasteiger partial charge in [-0.2, -0.15) is 11.8 Å². The van der Waals surface area contributed by atoms with E-state index in [1.54, 1.807) is 17.8 Å². The van der Waals surface area contributed by atoms with Crippen LogP contribution >= 0.6 is 11.8 Å². The Kier molecular flexibility index (Phi) is 5.91. The van der Waals surface area contributed by atoms with Gasteiger partial charge in [-0.15, -0.1) is 0 Å². The largest absolute Gasteiger partial charge is 0.496 e. The van der Waals surface area contributed by atoms with Crippen LogP contribution in [0, 0.1) is 18.6 Å². The van der Waals surface area contributed by atoms with E-state index in [1.807, 2.05) is 25.3 Å². The molecule has 0 spiro atoms. The molecular formula is C20H19F2N3OS. The Bertz CT molecular complexity index is 966. The molecule has 0 bridgehead atoms. The van der Waals surface area contributed by atoms with Crippen molar-refractivity contribution in [2.75, 3.05) is 18.7 Å². The summed E-state index contributed by atoms with van der Waals surface area (Å²) in [6, 6.07) is 9.49. The zero-order chi connectivity index (χ0) is 19.4. The van der Waals surface area contributed by atoms with Gasteiger partial charge in [0.05, 0.1) is 13.3 Å². The lowest BCUT2D eigenvalue weighted by atomic mass is 10.0. The summed E-state index contributed by atoms with van der Waals surface area (Å²) in [5.41, 5.74) is 2.73. The van der Waals surface area contributed by atoms with E-state index < -0.39 is 11.6 Å². The molecule has 0 radical (unpaired) electrons. The number of methoxy groups -OCH3 is 1. The third-order valence-electron chi connectivity index (χ3n) is 3.89. The minimum Gasteiger partial charge on any atom is -0.496 e.